The molecule has 0 fully saturated rings. The number of nitrogens with zero attached hydrogens (tertiary/aromatic N) is 2. The third-order valence-electron chi connectivity index (χ3n) is 4.35. The van der Waals surface area contributed by atoms with Gasteiger partial charge < -0.3 is 4.74 Å². The molecule has 7 heteroatoms. The first-order valence-corrected chi connectivity index (χ1v) is 11.4. The summed E-state index contributed by atoms with van der Waals surface area (Å²) >= 11 is 4.97. The van der Waals surface area contributed by atoms with Crippen molar-refractivity contribution >= 4 is 45.1 Å². The summed E-state index contributed by atoms with van der Waals surface area (Å²) in [5, 5.41) is 2.98. The average molecular weight is 407 g/mol. The van der Waals surface area contributed by atoms with Gasteiger partial charge in [0, 0.05) is 22.4 Å². The van der Waals surface area contributed by atoms with Crippen molar-refractivity contribution in [2.45, 2.75) is 48.4 Å². The monoisotopic (exact) mass is 406 g/mol. The van der Waals surface area contributed by atoms with E-state index in [4.69, 9.17) is 14.7 Å². The Morgan fingerprint density at radius 3 is 2.73 bits per heavy atom. The quantitative estimate of drug-likeness (QED) is 0.316. The fourth-order valence-corrected chi connectivity index (χ4v) is 5.68. The highest BCUT2D eigenvalue weighted by molar-refractivity contribution is 7.99. The summed E-state index contributed by atoms with van der Waals surface area (Å²) in [5.74, 6) is 0.548. The molecule has 0 bridgehead atoms. The van der Waals surface area contributed by atoms with Crippen LogP contribution in [0.2, 0.25) is 0 Å². The van der Waals surface area contributed by atoms with Crippen LogP contribution in [0.5, 0.6) is 0 Å². The van der Waals surface area contributed by atoms with Crippen LogP contribution in [0.25, 0.3) is 10.2 Å². The molecule has 26 heavy (non-hydrogen) atoms. The van der Waals surface area contributed by atoms with E-state index in [1.54, 1.807) is 34.9 Å². The Morgan fingerprint density at radius 1 is 1.23 bits per heavy atom. The van der Waals surface area contributed by atoms with Gasteiger partial charge in [-0.25, -0.2) is 14.4 Å². The van der Waals surface area contributed by atoms with E-state index >= 15 is 0 Å². The van der Waals surface area contributed by atoms with Crippen LogP contribution in [-0.4, -0.2) is 21.8 Å². The molecule has 2 aromatic heterocycles. The van der Waals surface area contributed by atoms with Crippen molar-refractivity contribution in [1.29, 1.82) is 0 Å². The van der Waals surface area contributed by atoms with Gasteiger partial charge in [-0.15, -0.1) is 23.1 Å². The standard InChI is InChI=1S/C19H19FN2OS3/c1-19(2)8-13-14(9-23-19)26-17-15(13)16(21-18(22-17)24-3)25-10-11-4-6-12(20)7-5-11/h4-7H,8-10H2,1-3H3. The Morgan fingerprint density at radius 2 is 2.00 bits per heavy atom. The lowest BCUT2D eigenvalue weighted by molar-refractivity contribution is -0.0379. The molecule has 1 aliphatic rings. The minimum atomic E-state index is -0.206. The van der Waals surface area contributed by atoms with E-state index in [0.717, 1.165) is 32.7 Å². The first-order valence-electron chi connectivity index (χ1n) is 8.33. The van der Waals surface area contributed by atoms with Crippen LogP contribution in [0.1, 0.15) is 29.9 Å². The molecular formula is C19H19FN2OS3. The molecule has 0 unspecified atom stereocenters. The smallest absolute Gasteiger partial charge is 0.189 e. The summed E-state index contributed by atoms with van der Waals surface area (Å²) < 4.78 is 19.1. The molecule has 0 amide bonds. The number of halogens is 1. The van der Waals surface area contributed by atoms with Crippen molar-refractivity contribution in [3.63, 3.8) is 0 Å². The fraction of sp³-hybridized carbons (Fsp3) is 0.368. The molecule has 4 rings (SSSR count). The Bertz CT molecular complexity index is 954. The second-order valence-electron chi connectivity index (χ2n) is 6.84. The van der Waals surface area contributed by atoms with Crippen molar-refractivity contribution in [3.05, 3.63) is 46.1 Å². The van der Waals surface area contributed by atoms with Crippen molar-refractivity contribution in [2.75, 3.05) is 6.26 Å². The maximum atomic E-state index is 13.1. The normalized spacial score (nSPS) is 16.0. The number of hydrogen-bond acceptors (Lipinski definition) is 6. The molecule has 3 heterocycles. The Labute approximate surface area is 164 Å². The van der Waals surface area contributed by atoms with Crippen molar-refractivity contribution in [1.82, 2.24) is 9.97 Å². The number of hydrogen-bond donors (Lipinski definition) is 0. The molecular weight excluding hydrogens is 387 g/mol. The van der Waals surface area contributed by atoms with E-state index in [2.05, 4.69) is 13.8 Å². The molecule has 1 aliphatic heterocycles. The van der Waals surface area contributed by atoms with Gasteiger partial charge in [-0.3, -0.25) is 0 Å². The van der Waals surface area contributed by atoms with Crippen LogP contribution in [0, 0.1) is 5.82 Å². The van der Waals surface area contributed by atoms with Gasteiger partial charge in [-0.1, -0.05) is 23.9 Å². The van der Waals surface area contributed by atoms with Gasteiger partial charge in [0.05, 0.1) is 12.2 Å². The minimum absolute atomic E-state index is 0.169. The summed E-state index contributed by atoms with van der Waals surface area (Å²) in [4.78, 5) is 11.8. The van der Waals surface area contributed by atoms with E-state index in [0.29, 0.717) is 6.61 Å². The number of ether oxygens (including phenoxy) is 1. The van der Waals surface area contributed by atoms with Gasteiger partial charge in [0.25, 0.3) is 0 Å². The van der Waals surface area contributed by atoms with E-state index in [-0.39, 0.29) is 11.4 Å². The van der Waals surface area contributed by atoms with Crippen LogP contribution in [0.4, 0.5) is 4.39 Å². The highest BCUT2D eigenvalue weighted by Gasteiger charge is 2.31. The zero-order chi connectivity index (χ0) is 18.3. The van der Waals surface area contributed by atoms with Crippen LogP contribution in [-0.2, 0) is 23.5 Å². The molecule has 0 saturated heterocycles. The van der Waals surface area contributed by atoms with E-state index < -0.39 is 0 Å². The van der Waals surface area contributed by atoms with Crippen LogP contribution in [0.3, 0.4) is 0 Å². The largest absolute Gasteiger partial charge is 0.370 e. The highest BCUT2D eigenvalue weighted by atomic mass is 32.2. The predicted molar refractivity (Wildman–Crippen MR) is 108 cm³/mol. The number of thiophene rings is 1. The summed E-state index contributed by atoms with van der Waals surface area (Å²) in [5.41, 5.74) is 2.25. The summed E-state index contributed by atoms with van der Waals surface area (Å²) in [6, 6.07) is 6.67. The SMILES string of the molecule is CSc1nc(SCc2ccc(F)cc2)c2c3c(sc2n1)COC(C)(C)C3. The Balaban J connectivity index is 1.74. The lowest BCUT2D eigenvalue weighted by Crippen LogP contribution is -2.31. The maximum Gasteiger partial charge on any atom is 0.189 e. The number of fused-ring (bicyclic) bond motifs is 3. The van der Waals surface area contributed by atoms with E-state index in [1.165, 1.54) is 28.0 Å². The fourth-order valence-electron chi connectivity index (χ4n) is 3.02. The number of rotatable bonds is 4. The molecule has 0 N–H and O–H groups in total. The van der Waals surface area contributed by atoms with Gasteiger partial charge in [-0.05, 0) is 43.4 Å². The van der Waals surface area contributed by atoms with Crippen molar-refractivity contribution in [2.24, 2.45) is 0 Å². The Kier molecular flexibility index (Phi) is 4.98. The first kappa shape index (κ1) is 18.2. The molecule has 3 nitrogen and oxygen atoms in total. The van der Waals surface area contributed by atoms with Gasteiger partial charge in [-0.2, -0.15) is 0 Å². The number of thioether (sulfide) groups is 2. The molecule has 0 saturated carbocycles. The van der Waals surface area contributed by atoms with Crippen LogP contribution >= 0.6 is 34.9 Å². The van der Waals surface area contributed by atoms with Gasteiger partial charge in [0.2, 0.25) is 0 Å². The van der Waals surface area contributed by atoms with Crippen LogP contribution < -0.4 is 0 Å². The molecule has 0 atom stereocenters. The predicted octanol–water partition coefficient (Wildman–Crippen LogP) is 5.70. The van der Waals surface area contributed by atoms with Gasteiger partial charge in [0.1, 0.15) is 15.7 Å². The Hall–Kier alpha value is -1.15. The second kappa shape index (κ2) is 7.11. The summed E-state index contributed by atoms with van der Waals surface area (Å²) in [6.45, 7) is 4.89. The van der Waals surface area contributed by atoms with Gasteiger partial charge >= 0.3 is 0 Å². The topological polar surface area (TPSA) is 35.0 Å². The van der Waals surface area contributed by atoms with Gasteiger partial charge in [0.15, 0.2) is 5.16 Å². The minimum Gasteiger partial charge on any atom is -0.370 e. The number of benzene rings is 1. The van der Waals surface area contributed by atoms with Crippen molar-refractivity contribution in [3.8, 4) is 0 Å². The van der Waals surface area contributed by atoms with Crippen molar-refractivity contribution < 1.29 is 9.13 Å². The molecule has 0 spiro atoms. The maximum absolute atomic E-state index is 13.1. The second-order valence-corrected chi connectivity index (χ2v) is 9.66. The molecule has 1 aromatic carbocycles. The summed E-state index contributed by atoms with van der Waals surface area (Å²) in [6.07, 6.45) is 2.86. The van der Waals surface area contributed by atoms with E-state index in [1.807, 2.05) is 18.4 Å². The lowest BCUT2D eigenvalue weighted by atomic mass is 9.95. The first-order chi connectivity index (χ1) is 12.4. The molecule has 0 aliphatic carbocycles. The molecule has 136 valence electrons. The zero-order valence-corrected chi connectivity index (χ0v) is 17.3. The molecule has 0 radical (unpaired) electrons. The summed E-state index contributed by atoms with van der Waals surface area (Å²) in [7, 11) is 0. The highest BCUT2D eigenvalue weighted by Crippen LogP contribution is 2.42. The third kappa shape index (κ3) is 3.63. The lowest BCUT2D eigenvalue weighted by Gasteiger charge is -2.30. The zero-order valence-electron chi connectivity index (χ0n) is 14.8. The van der Waals surface area contributed by atoms with E-state index in [9.17, 15) is 4.39 Å². The number of aromatic nitrogens is 2. The average Bonchev–Trinajstić information content (AvgIpc) is 2.97. The molecule has 3 aromatic rings. The third-order valence-corrected chi connectivity index (χ3v) is 7.04. The van der Waals surface area contributed by atoms with Crippen LogP contribution in [0.15, 0.2) is 34.4 Å².